The van der Waals surface area contributed by atoms with E-state index in [0.29, 0.717) is 0 Å². The number of hydrogen-bond donors (Lipinski definition) is 1. The largest absolute Gasteiger partial charge is 0.348 e. The minimum atomic E-state index is -0.00317. The van der Waals surface area contributed by atoms with Crippen molar-refractivity contribution in [2.24, 2.45) is 5.41 Å². The zero-order valence-electron chi connectivity index (χ0n) is 11.9. The van der Waals surface area contributed by atoms with Gasteiger partial charge in [0, 0.05) is 23.3 Å². The zero-order valence-corrected chi connectivity index (χ0v) is 13.5. The molecular formula is C14H23BrN2O. The van der Waals surface area contributed by atoms with Crippen molar-refractivity contribution < 1.29 is 4.79 Å². The van der Waals surface area contributed by atoms with Gasteiger partial charge in [0.2, 0.25) is 0 Å². The molecule has 1 amide bonds. The molecule has 1 aromatic heterocycles. The summed E-state index contributed by atoms with van der Waals surface area (Å²) in [5, 5.41) is 3.07. The molecule has 0 aromatic carbocycles. The van der Waals surface area contributed by atoms with Gasteiger partial charge >= 0.3 is 0 Å². The molecule has 1 N–H and O–H groups in total. The average Bonchev–Trinajstić information content (AvgIpc) is 2.58. The van der Waals surface area contributed by atoms with Crippen LogP contribution in [0.5, 0.6) is 0 Å². The molecule has 1 heterocycles. The predicted octanol–water partition coefficient (Wildman–Crippen LogP) is 3.83. The van der Waals surface area contributed by atoms with E-state index in [0.717, 1.165) is 23.1 Å². The second kappa shape index (κ2) is 5.91. The Labute approximate surface area is 118 Å². The fourth-order valence-electron chi connectivity index (χ4n) is 1.58. The Hall–Kier alpha value is -0.770. The Kier molecular flexibility index (Phi) is 5.02. The van der Waals surface area contributed by atoms with Crippen LogP contribution in [0.2, 0.25) is 0 Å². The molecule has 4 heteroatoms. The fraction of sp³-hybridized carbons (Fsp3) is 0.643. The van der Waals surface area contributed by atoms with Gasteiger partial charge in [0.1, 0.15) is 5.69 Å². The number of carbonyl (C=O) groups is 1. The van der Waals surface area contributed by atoms with E-state index in [1.807, 2.05) is 23.8 Å². The van der Waals surface area contributed by atoms with E-state index in [1.54, 1.807) is 0 Å². The molecule has 0 saturated heterocycles. The number of nitrogens with zero attached hydrogens (tertiary/aromatic N) is 1. The monoisotopic (exact) mass is 314 g/mol. The van der Waals surface area contributed by atoms with E-state index >= 15 is 0 Å². The summed E-state index contributed by atoms with van der Waals surface area (Å²) in [7, 11) is 0. The molecule has 1 aromatic rings. The van der Waals surface area contributed by atoms with Gasteiger partial charge in [-0.15, -0.1) is 0 Å². The Morgan fingerprint density at radius 3 is 2.61 bits per heavy atom. The molecule has 3 nitrogen and oxygen atoms in total. The van der Waals surface area contributed by atoms with Gasteiger partial charge in [-0.1, -0.05) is 27.7 Å². The van der Waals surface area contributed by atoms with Crippen molar-refractivity contribution in [2.45, 2.75) is 53.6 Å². The predicted molar refractivity (Wildman–Crippen MR) is 78.8 cm³/mol. The van der Waals surface area contributed by atoms with Crippen LogP contribution < -0.4 is 5.32 Å². The lowest BCUT2D eigenvalue weighted by Gasteiger charge is -2.28. The highest BCUT2D eigenvalue weighted by Gasteiger charge is 2.23. The number of hydrogen-bond acceptors (Lipinski definition) is 1. The summed E-state index contributed by atoms with van der Waals surface area (Å²) < 4.78 is 2.94. The van der Waals surface area contributed by atoms with Crippen LogP contribution in [0.4, 0.5) is 0 Å². The molecule has 1 unspecified atom stereocenters. The second-order valence-electron chi connectivity index (χ2n) is 5.80. The quantitative estimate of drug-likeness (QED) is 0.900. The number of rotatable bonds is 4. The lowest BCUT2D eigenvalue weighted by atomic mass is 9.88. The molecule has 0 aliphatic carbocycles. The first-order valence-electron chi connectivity index (χ1n) is 6.42. The van der Waals surface area contributed by atoms with Crippen molar-refractivity contribution in [3.63, 3.8) is 0 Å². The molecule has 102 valence electrons. The first-order chi connectivity index (χ1) is 8.25. The third-order valence-corrected chi connectivity index (χ3v) is 3.64. The van der Waals surface area contributed by atoms with Crippen LogP contribution in [0, 0.1) is 5.41 Å². The standard InChI is InChI=1S/C14H23BrN2O/c1-6-7-17-9-11(15)8-12(17)13(18)16-10(2)14(3,4)5/h8-10H,6-7H2,1-5H3,(H,16,18). The van der Waals surface area contributed by atoms with Crippen LogP contribution in [-0.4, -0.2) is 16.5 Å². The number of amides is 1. The highest BCUT2D eigenvalue weighted by Crippen LogP contribution is 2.20. The first-order valence-corrected chi connectivity index (χ1v) is 7.21. The SMILES string of the molecule is CCCn1cc(Br)cc1C(=O)NC(C)C(C)(C)C. The van der Waals surface area contributed by atoms with Gasteiger partial charge in [-0.25, -0.2) is 0 Å². The molecule has 1 rings (SSSR count). The zero-order chi connectivity index (χ0) is 13.9. The van der Waals surface area contributed by atoms with Crippen LogP contribution >= 0.6 is 15.9 Å². The van der Waals surface area contributed by atoms with E-state index < -0.39 is 0 Å². The van der Waals surface area contributed by atoms with Crippen molar-refractivity contribution in [1.82, 2.24) is 9.88 Å². The highest BCUT2D eigenvalue weighted by atomic mass is 79.9. The topological polar surface area (TPSA) is 34.0 Å². The van der Waals surface area contributed by atoms with E-state index in [-0.39, 0.29) is 17.4 Å². The Bertz CT molecular complexity index is 418. The average molecular weight is 315 g/mol. The van der Waals surface area contributed by atoms with Gasteiger partial charge in [-0.05, 0) is 40.8 Å². The fourth-order valence-corrected chi connectivity index (χ4v) is 2.04. The first kappa shape index (κ1) is 15.3. The third kappa shape index (κ3) is 3.87. The molecular weight excluding hydrogens is 292 g/mol. The van der Waals surface area contributed by atoms with E-state index in [2.05, 4.69) is 48.9 Å². The van der Waals surface area contributed by atoms with Gasteiger partial charge in [-0.2, -0.15) is 0 Å². The minimum absolute atomic E-state index is 0.00317. The third-order valence-electron chi connectivity index (χ3n) is 3.21. The van der Waals surface area contributed by atoms with Gasteiger partial charge in [0.05, 0.1) is 0 Å². The summed E-state index contributed by atoms with van der Waals surface area (Å²) in [4.78, 5) is 12.3. The minimum Gasteiger partial charge on any atom is -0.348 e. The molecule has 18 heavy (non-hydrogen) atoms. The number of nitrogens with one attached hydrogen (secondary N) is 1. The lowest BCUT2D eigenvalue weighted by Crippen LogP contribution is -2.42. The molecule has 0 saturated carbocycles. The van der Waals surface area contributed by atoms with Crippen molar-refractivity contribution in [3.05, 3.63) is 22.4 Å². The van der Waals surface area contributed by atoms with Crippen molar-refractivity contribution in [2.75, 3.05) is 0 Å². The van der Waals surface area contributed by atoms with Crippen LogP contribution in [0.15, 0.2) is 16.7 Å². The van der Waals surface area contributed by atoms with E-state index in [1.165, 1.54) is 0 Å². The lowest BCUT2D eigenvalue weighted by molar-refractivity contribution is 0.0900. The number of aromatic nitrogens is 1. The molecule has 0 aliphatic heterocycles. The van der Waals surface area contributed by atoms with Crippen LogP contribution in [0.3, 0.4) is 0 Å². The Balaban J connectivity index is 2.84. The van der Waals surface area contributed by atoms with E-state index in [4.69, 9.17) is 0 Å². The normalized spacial score (nSPS) is 13.4. The Morgan fingerprint density at radius 2 is 2.11 bits per heavy atom. The molecule has 1 atom stereocenters. The van der Waals surface area contributed by atoms with Gasteiger partial charge < -0.3 is 9.88 Å². The van der Waals surface area contributed by atoms with Gasteiger partial charge in [0.25, 0.3) is 5.91 Å². The van der Waals surface area contributed by atoms with Crippen molar-refractivity contribution in [3.8, 4) is 0 Å². The maximum atomic E-state index is 12.3. The smallest absolute Gasteiger partial charge is 0.268 e. The summed E-state index contributed by atoms with van der Waals surface area (Å²) in [6.45, 7) is 11.4. The maximum absolute atomic E-state index is 12.3. The second-order valence-corrected chi connectivity index (χ2v) is 6.71. The number of carbonyl (C=O) groups excluding carboxylic acids is 1. The summed E-state index contributed by atoms with van der Waals surface area (Å²) in [6, 6.07) is 2.01. The summed E-state index contributed by atoms with van der Waals surface area (Å²) >= 11 is 3.43. The maximum Gasteiger partial charge on any atom is 0.268 e. The Morgan fingerprint density at radius 1 is 1.50 bits per heavy atom. The summed E-state index contributed by atoms with van der Waals surface area (Å²) in [5.41, 5.74) is 0.787. The van der Waals surface area contributed by atoms with E-state index in [9.17, 15) is 4.79 Å². The van der Waals surface area contributed by atoms with Crippen molar-refractivity contribution in [1.29, 1.82) is 0 Å². The number of aryl methyl sites for hydroxylation is 1. The van der Waals surface area contributed by atoms with Crippen LogP contribution in [-0.2, 0) is 6.54 Å². The highest BCUT2D eigenvalue weighted by molar-refractivity contribution is 9.10. The molecule has 0 bridgehead atoms. The molecule has 0 radical (unpaired) electrons. The molecule has 0 fully saturated rings. The summed E-state index contributed by atoms with van der Waals surface area (Å²) in [6.07, 6.45) is 2.97. The molecule has 0 aliphatic rings. The van der Waals surface area contributed by atoms with Gasteiger partial charge in [-0.3, -0.25) is 4.79 Å². The van der Waals surface area contributed by atoms with Crippen LogP contribution in [0.1, 0.15) is 51.5 Å². The molecule has 0 spiro atoms. The van der Waals surface area contributed by atoms with Crippen molar-refractivity contribution >= 4 is 21.8 Å². The number of halogens is 1. The van der Waals surface area contributed by atoms with Crippen LogP contribution in [0.25, 0.3) is 0 Å². The summed E-state index contributed by atoms with van der Waals surface area (Å²) in [5.74, 6) is -0.00317. The van der Waals surface area contributed by atoms with Gasteiger partial charge in [0.15, 0.2) is 0 Å².